The van der Waals surface area contributed by atoms with Gasteiger partial charge >= 0.3 is 0 Å². The minimum Gasteiger partial charge on any atom is -0.381 e. The molecule has 0 aliphatic carbocycles. The van der Waals surface area contributed by atoms with E-state index in [2.05, 4.69) is 12.0 Å². The average molecular weight is 236 g/mol. The zero-order valence-corrected chi connectivity index (χ0v) is 10.6. The van der Waals surface area contributed by atoms with Gasteiger partial charge in [-0.25, -0.2) is 0 Å². The minimum atomic E-state index is 0.184. The highest BCUT2D eigenvalue weighted by molar-refractivity contribution is 5.83. The molecule has 17 heavy (non-hydrogen) atoms. The first-order valence-corrected chi connectivity index (χ1v) is 6.33. The van der Waals surface area contributed by atoms with Gasteiger partial charge in [-0.2, -0.15) is 5.10 Å². The normalized spacial score (nSPS) is 17.3. The van der Waals surface area contributed by atoms with Crippen molar-refractivity contribution >= 4 is 5.78 Å². The van der Waals surface area contributed by atoms with Crippen molar-refractivity contribution in [1.29, 1.82) is 0 Å². The van der Waals surface area contributed by atoms with Gasteiger partial charge in [0.25, 0.3) is 0 Å². The quantitative estimate of drug-likeness (QED) is 0.796. The molecule has 1 saturated heterocycles. The van der Waals surface area contributed by atoms with E-state index in [1.807, 2.05) is 17.8 Å². The predicted molar refractivity (Wildman–Crippen MR) is 64.8 cm³/mol. The molecule has 1 aromatic heterocycles. The number of carbonyl (C=O) groups excluding carboxylic acids is 1. The zero-order chi connectivity index (χ0) is 12.3. The molecule has 94 valence electrons. The first kappa shape index (κ1) is 12.3. The number of Topliss-reactive ketones (excluding diaryl/α,β-unsaturated/α-hetero) is 1. The molecule has 0 radical (unpaired) electrons. The summed E-state index contributed by atoms with van der Waals surface area (Å²) in [5, 5.41) is 4.37. The maximum atomic E-state index is 12.1. The third-order valence-electron chi connectivity index (χ3n) is 3.42. The predicted octanol–water partition coefficient (Wildman–Crippen LogP) is 1.52. The molecule has 0 saturated carbocycles. The van der Waals surface area contributed by atoms with Crippen LogP contribution in [0.5, 0.6) is 0 Å². The standard InChI is InChI=1S/C13H20N2O2/c1-3-11-8-12(15(2)14-11)9-13(16)10-4-6-17-7-5-10/h8,10H,3-7,9H2,1-2H3. The maximum absolute atomic E-state index is 12.1. The van der Waals surface area contributed by atoms with E-state index >= 15 is 0 Å². The summed E-state index contributed by atoms with van der Waals surface area (Å²) in [6.45, 7) is 3.52. The van der Waals surface area contributed by atoms with Crippen molar-refractivity contribution in [2.24, 2.45) is 13.0 Å². The number of rotatable bonds is 4. The van der Waals surface area contributed by atoms with Crippen LogP contribution in [0.25, 0.3) is 0 Å². The highest BCUT2D eigenvalue weighted by Crippen LogP contribution is 2.18. The Labute approximate surface area is 102 Å². The summed E-state index contributed by atoms with van der Waals surface area (Å²) in [6.07, 6.45) is 3.17. The summed E-state index contributed by atoms with van der Waals surface area (Å²) in [7, 11) is 1.91. The largest absolute Gasteiger partial charge is 0.381 e. The Balaban J connectivity index is 1.99. The van der Waals surface area contributed by atoms with Gasteiger partial charge < -0.3 is 4.74 Å². The molecule has 0 aromatic carbocycles. The molecule has 0 N–H and O–H groups in total. The lowest BCUT2D eigenvalue weighted by molar-refractivity contribution is -0.125. The second-order valence-electron chi connectivity index (χ2n) is 4.63. The highest BCUT2D eigenvalue weighted by Gasteiger charge is 2.22. The summed E-state index contributed by atoms with van der Waals surface area (Å²) in [6, 6.07) is 2.04. The number of ketones is 1. The summed E-state index contributed by atoms with van der Waals surface area (Å²) in [4.78, 5) is 12.1. The van der Waals surface area contributed by atoms with Gasteiger partial charge in [0.05, 0.1) is 5.69 Å². The fraction of sp³-hybridized carbons (Fsp3) is 0.692. The minimum absolute atomic E-state index is 0.184. The van der Waals surface area contributed by atoms with Crippen LogP contribution in [-0.2, 0) is 29.4 Å². The lowest BCUT2D eigenvalue weighted by Crippen LogP contribution is -2.25. The van der Waals surface area contributed by atoms with Gasteiger partial charge in [-0.3, -0.25) is 9.48 Å². The third kappa shape index (κ3) is 2.94. The van der Waals surface area contributed by atoms with Gasteiger partial charge in [-0.1, -0.05) is 6.92 Å². The molecular weight excluding hydrogens is 216 g/mol. The molecule has 0 spiro atoms. The van der Waals surface area contributed by atoms with E-state index < -0.39 is 0 Å². The van der Waals surface area contributed by atoms with Gasteiger partial charge in [-0.15, -0.1) is 0 Å². The topological polar surface area (TPSA) is 44.1 Å². The lowest BCUT2D eigenvalue weighted by atomic mass is 9.93. The van der Waals surface area contributed by atoms with Crippen molar-refractivity contribution in [2.45, 2.75) is 32.6 Å². The van der Waals surface area contributed by atoms with E-state index in [0.717, 1.165) is 43.9 Å². The van der Waals surface area contributed by atoms with Gasteiger partial charge in [0.15, 0.2) is 0 Å². The van der Waals surface area contributed by atoms with E-state index in [9.17, 15) is 4.79 Å². The van der Waals surface area contributed by atoms with E-state index in [-0.39, 0.29) is 5.92 Å². The van der Waals surface area contributed by atoms with Crippen LogP contribution in [-0.4, -0.2) is 28.8 Å². The van der Waals surface area contributed by atoms with Crippen molar-refractivity contribution in [1.82, 2.24) is 9.78 Å². The maximum Gasteiger partial charge on any atom is 0.142 e. The SMILES string of the molecule is CCc1cc(CC(=O)C2CCOCC2)n(C)n1. The van der Waals surface area contributed by atoms with E-state index in [1.165, 1.54) is 0 Å². The average Bonchev–Trinajstić information content (AvgIpc) is 2.71. The van der Waals surface area contributed by atoms with Crippen LogP contribution < -0.4 is 0 Å². The number of hydrogen-bond donors (Lipinski definition) is 0. The summed E-state index contributed by atoms with van der Waals surface area (Å²) < 4.78 is 7.10. The smallest absolute Gasteiger partial charge is 0.142 e. The Morgan fingerprint density at radius 1 is 1.53 bits per heavy atom. The van der Waals surface area contributed by atoms with Crippen molar-refractivity contribution in [3.8, 4) is 0 Å². The Morgan fingerprint density at radius 2 is 2.24 bits per heavy atom. The summed E-state index contributed by atoms with van der Waals surface area (Å²) in [5.74, 6) is 0.516. The van der Waals surface area contributed by atoms with Crippen LogP contribution in [0.15, 0.2) is 6.07 Å². The van der Waals surface area contributed by atoms with Crippen molar-refractivity contribution < 1.29 is 9.53 Å². The zero-order valence-electron chi connectivity index (χ0n) is 10.6. The van der Waals surface area contributed by atoms with Crippen molar-refractivity contribution in [3.05, 3.63) is 17.5 Å². The first-order chi connectivity index (χ1) is 8.20. The molecule has 0 bridgehead atoms. The van der Waals surface area contributed by atoms with Gasteiger partial charge in [0.1, 0.15) is 5.78 Å². The Kier molecular flexibility index (Phi) is 3.94. The number of aromatic nitrogens is 2. The molecular formula is C13H20N2O2. The second kappa shape index (κ2) is 5.45. The third-order valence-corrected chi connectivity index (χ3v) is 3.42. The molecule has 0 atom stereocenters. The molecule has 4 heteroatoms. The molecule has 1 fully saturated rings. The first-order valence-electron chi connectivity index (χ1n) is 6.33. The lowest BCUT2D eigenvalue weighted by Gasteiger charge is -2.20. The second-order valence-corrected chi connectivity index (χ2v) is 4.63. The van der Waals surface area contributed by atoms with Crippen molar-refractivity contribution in [3.63, 3.8) is 0 Å². The van der Waals surface area contributed by atoms with Crippen LogP contribution in [0.2, 0.25) is 0 Å². The summed E-state index contributed by atoms with van der Waals surface area (Å²) >= 11 is 0. The molecule has 0 amide bonds. The number of ether oxygens (including phenoxy) is 1. The fourth-order valence-electron chi connectivity index (χ4n) is 2.25. The molecule has 1 aliphatic heterocycles. The number of carbonyl (C=O) groups is 1. The van der Waals surface area contributed by atoms with Crippen LogP contribution in [0.1, 0.15) is 31.2 Å². The molecule has 0 unspecified atom stereocenters. The van der Waals surface area contributed by atoms with Crippen LogP contribution in [0.3, 0.4) is 0 Å². The molecule has 2 rings (SSSR count). The number of nitrogens with zero attached hydrogens (tertiary/aromatic N) is 2. The van der Waals surface area contributed by atoms with E-state index in [0.29, 0.717) is 12.2 Å². The molecule has 4 nitrogen and oxygen atoms in total. The summed E-state index contributed by atoms with van der Waals surface area (Å²) in [5.41, 5.74) is 2.08. The monoisotopic (exact) mass is 236 g/mol. The number of aryl methyl sites for hydroxylation is 2. The number of hydrogen-bond acceptors (Lipinski definition) is 3. The van der Waals surface area contributed by atoms with Crippen LogP contribution in [0.4, 0.5) is 0 Å². The van der Waals surface area contributed by atoms with Crippen LogP contribution in [0, 0.1) is 5.92 Å². The van der Waals surface area contributed by atoms with Crippen molar-refractivity contribution in [2.75, 3.05) is 13.2 Å². The van der Waals surface area contributed by atoms with E-state index in [1.54, 1.807) is 0 Å². The Morgan fingerprint density at radius 3 is 2.82 bits per heavy atom. The molecule has 1 aromatic rings. The van der Waals surface area contributed by atoms with Gasteiger partial charge in [-0.05, 0) is 25.3 Å². The molecule has 1 aliphatic rings. The van der Waals surface area contributed by atoms with Gasteiger partial charge in [0.2, 0.25) is 0 Å². The van der Waals surface area contributed by atoms with Gasteiger partial charge in [0, 0.05) is 38.3 Å². The highest BCUT2D eigenvalue weighted by atomic mass is 16.5. The fourth-order valence-corrected chi connectivity index (χ4v) is 2.25. The Hall–Kier alpha value is -1.16. The van der Waals surface area contributed by atoms with Crippen LogP contribution >= 0.6 is 0 Å². The molecule has 2 heterocycles. The Bertz CT molecular complexity index is 392. The van der Waals surface area contributed by atoms with E-state index in [4.69, 9.17) is 4.74 Å².